The van der Waals surface area contributed by atoms with Gasteiger partial charge in [0, 0.05) is 6.04 Å². The fourth-order valence-corrected chi connectivity index (χ4v) is 7.13. The third-order valence-corrected chi connectivity index (χ3v) is 8.61. The van der Waals surface area contributed by atoms with E-state index < -0.39 is 10.0 Å². The third kappa shape index (κ3) is 3.21. The van der Waals surface area contributed by atoms with E-state index in [9.17, 15) is 13.2 Å². The van der Waals surface area contributed by atoms with Crippen LogP contribution in [0, 0.1) is 11.8 Å². The fraction of sp³-hybridized carbons (Fsp3) is 0.381. The first kappa shape index (κ1) is 18.1. The van der Waals surface area contributed by atoms with Crippen molar-refractivity contribution in [2.75, 3.05) is 0 Å². The summed E-state index contributed by atoms with van der Waals surface area (Å²) in [5.41, 5.74) is 1.82. The summed E-state index contributed by atoms with van der Waals surface area (Å²) in [6.45, 7) is 0.481. The molecule has 0 aliphatic heterocycles. The lowest BCUT2D eigenvalue weighted by Gasteiger charge is -2.22. The quantitative estimate of drug-likeness (QED) is 0.694. The van der Waals surface area contributed by atoms with Gasteiger partial charge >= 0.3 is 4.87 Å². The van der Waals surface area contributed by atoms with Crippen molar-refractivity contribution in [1.29, 1.82) is 0 Å². The van der Waals surface area contributed by atoms with Crippen LogP contribution in [0.15, 0.2) is 58.2 Å². The molecule has 1 aromatic heterocycles. The predicted octanol–water partition coefficient (Wildman–Crippen LogP) is 3.58. The molecule has 2 bridgehead atoms. The van der Waals surface area contributed by atoms with Crippen LogP contribution >= 0.6 is 11.3 Å². The summed E-state index contributed by atoms with van der Waals surface area (Å²) in [7, 11) is -3.57. The molecule has 0 spiro atoms. The van der Waals surface area contributed by atoms with Gasteiger partial charge in [0.05, 0.1) is 21.7 Å². The van der Waals surface area contributed by atoms with Crippen LogP contribution in [0.5, 0.6) is 0 Å². The molecule has 146 valence electrons. The van der Waals surface area contributed by atoms with E-state index >= 15 is 0 Å². The van der Waals surface area contributed by atoms with Crippen LogP contribution < -0.4 is 9.60 Å². The molecule has 3 aromatic rings. The van der Waals surface area contributed by atoms with Crippen molar-refractivity contribution in [2.45, 2.75) is 43.2 Å². The number of thiazole rings is 1. The highest BCUT2D eigenvalue weighted by molar-refractivity contribution is 7.89. The van der Waals surface area contributed by atoms with Gasteiger partial charge in [-0.2, -0.15) is 0 Å². The van der Waals surface area contributed by atoms with E-state index in [0.717, 1.165) is 41.7 Å². The van der Waals surface area contributed by atoms with E-state index in [-0.39, 0.29) is 15.8 Å². The summed E-state index contributed by atoms with van der Waals surface area (Å²) in [5.74, 6) is 1.16. The van der Waals surface area contributed by atoms with E-state index in [1.807, 2.05) is 30.3 Å². The standard InChI is InChI=1S/C21H22N2O3S2/c24-21-23(13-14-4-2-1-3-5-14)19-9-8-17(12-20(19)27-21)28(25,26)22-18-11-15-6-7-16(18)10-15/h1-5,8-9,12,15-16,18,22H,6-7,10-11,13H2/t15-,16-,18+/m0/s1. The maximum absolute atomic E-state index is 12.9. The van der Waals surface area contributed by atoms with Crippen molar-refractivity contribution in [3.63, 3.8) is 0 Å². The minimum absolute atomic E-state index is 0.0564. The average Bonchev–Trinajstić information content (AvgIpc) is 3.37. The highest BCUT2D eigenvalue weighted by Crippen LogP contribution is 2.44. The van der Waals surface area contributed by atoms with Crippen molar-refractivity contribution in [3.8, 4) is 0 Å². The molecular weight excluding hydrogens is 392 g/mol. The fourth-order valence-electron chi connectivity index (χ4n) is 4.79. The minimum Gasteiger partial charge on any atom is -0.294 e. The van der Waals surface area contributed by atoms with Crippen LogP contribution in [0.2, 0.25) is 0 Å². The summed E-state index contributed by atoms with van der Waals surface area (Å²) >= 11 is 1.10. The molecule has 0 radical (unpaired) electrons. The molecule has 2 saturated carbocycles. The number of benzene rings is 2. The van der Waals surface area contributed by atoms with Crippen LogP contribution in [0.1, 0.15) is 31.2 Å². The van der Waals surface area contributed by atoms with Gasteiger partial charge in [0.1, 0.15) is 0 Å². The normalized spacial score (nSPS) is 24.2. The molecule has 7 heteroatoms. The number of rotatable bonds is 5. The smallest absolute Gasteiger partial charge is 0.294 e. The van der Waals surface area contributed by atoms with E-state index in [2.05, 4.69) is 4.72 Å². The predicted molar refractivity (Wildman–Crippen MR) is 111 cm³/mol. The number of fused-ring (bicyclic) bond motifs is 3. The van der Waals surface area contributed by atoms with Crippen molar-refractivity contribution < 1.29 is 8.42 Å². The molecule has 0 amide bonds. The second-order valence-electron chi connectivity index (χ2n) is 7.97. The Hall–Kier alpha value is -1.96. The molecule has 5 rings (SSSR count). The molecule has 28 heavy (non-hydrogen) atoms. The molecule has 2 aliphatic carbocycles. The Morgan fingerprint density at radius 3 is 2.61 bits per heavy atom. The van der Waals surface area contributed by atoms with Crippen LogP contribution in [-0.4, -0.2) is 19.0 Å². The van der Waals surface area contributed by atoms with Gasteiger partial charge in [0.2, 0.25) is 10.0 Å². The zero-order chi connectivity index (χ0) is 19.3. The van der Waals surface area contributed by atoms with Crippen LogP contribution in [0.4, 0.5) is 0 Å². The van der Waals surface area contributed by atoms with E-state index in [4.69, 9.17) is 0 Å². The Bertz CT molecular complexity index is 1180. The summed E-state index contributed by atoms with van der Waals surface area (Å²) in [4.78, 5) is 12.7. The van der Waals surface area contributed by atoms with Crippen LogP contribution in [-0.2, 0) is 16.6 Å². The first-order valence-electron chi connectivity index (χ1n) is 9.69. The molecule has 5 nitrogen and oxygen atoms in total. The van der Waals surface area contributed by atoms with Gasteiger partial charge in [0.25, 0.3) is 0 Å². The topological polar surface area (TPSA) is 68.2 Å². The molecular formula is C21H22N2O3S2. The lowest BCUT2D eigenvalue weighted by molar-refractivity contribution is 0.390. The van der Waals surface area contributed by atoms with Gasteiger partial charge in [-0.3, -0.25) is 9.36 Å². The number of nitrogens with one attached hydrogen (secondary N) is 1. The van der Waals surface area contributed by atoms with Gasteiger partial charge in [-0.1, -0.05) is 48.1 Å². The Morgan fingerprint density at radius 1 is 1.07 bits per heavy atom. The van der Waals surface area contributed by atoms with Crippen molar-refractivity contribution in [3.05, 3.63) is 63.8 Å². The van der Waals surface area contributed by atoms with Gasteiger partial charge in [0.15, 0.2) is 0 Å². The second kappa shape index (κ2) is 6.83. The largest absolute Gasteiger partial charge is 0.308 e. The Balaban J connectivity index is 1.44. The Morgan fingerprint density at radius 2 is 1.89 bits per heavy atom. The van der Waals surface area contributed by atoms with Crippen LogP contribution in [0.3, 0.4) is 0 Å². The summed E-state index contributed by atoms with van der Waals surface area (Å²) in [5, 5.41) is 0. The number of hydrogen-bond donors (Lipinski definition) is 1. The number of nitrogens with zero attached hydrogens (tertiary/aromatic N) is 1. The molecule has 3 atom stereocenters. The molecule has 2 aliphatic rings. The Labute approximate surface area is 168 Å². The first-order chi connectivity index (χ1) is 13.5. The molecule has 2 aromatic carbocycles. The number of aromatic nitrogens is 1. The molecule has 1 N–H and O–H groups in total. The lowest BCUT2D eigenvalue weighted by Crippen LogP contribution is -2.38. The van der Waals surface area contributed by atoms with Gasteiger partial charge in [-0.25, -0.2) is 13.1 Å². The number of hydrogen-bond acceptors (Lipinski definition) is 4. The minimum atomic E-state index is -3.57. The first-order valence-corrected chi connectivity index (χ1v) is 12.0. The molecule has 2 fully saturated rings. The van der Waals surface area contributed by atoms with Crippen LogP contribution in [0.25, 0.3) is 10.2 Å². The average molecular weight is 415 g/mol. The zero-order valence-electron chi connectivity index (χ0n) is 15.4. The zero-order valence-corrected chi connectivity index (χ0v) is 17.0. The van der Waals surface area contributed by atoms with Crippen molar-refractivity contribution in [2.24, 2.45) is 11.8 Å². The van der Waals surface area contributed by atoms with Crippen molar-refractivity contribution in [1.82, 2.24) is 9.29 Å². The number of sulfonamides is 1. The van der Waals surface area contributed by atoms with Gasteiger partial charge in [-0.05, 0) is 54.9 Å². The summed E-state index contributed by atoms with van der Waals surface area (Å²) in [6, 6.07) is 14.9. The molecule has 1 heterocycles. The van der Waals surface area contributed by atoms with Gasteiger partial charge < -0.3 is 0 Å². The SMILES string of the molecule is O=c1sc2cc(S(=O)(=O)N[C@@H]3C[C@H]4CC[C@H]3C4)ccc2n1Cc1ccccc1. The highest BCUT2D eigenvalue weighted by Gasteiger charge is 2.41. The maximum atomic E-state index is 12.9. The Kier molecular flexibility index (Phi) is 4.41. The van der Waals surface area contributed by atoms with Gasteiger partial charge in [-0.15, -0.1) is 0 Å². The van der Waals surface area contributed by atoms with E-state index in [1.165, 1.54) is 6.42 Å². The lowest BCUT2D eigenvalue weighted by atomic mass is 9.96. The molecule has 0 unspecified atom stereocenters. The van der Waals surface area contributed by atoms with E-state index in [1.54, 1.807) is 22.8 Å². The summed E-state index contributed by atoms with van der Waals surface area (Å²) < 4.78 is 31.1. The monoisotopic (exact) mass is 414 g/mol. The molecule has 0 saturated heterocycles. The maximum Gasteiger partial charge on any atom is 0.308 e. The van der Waals surface area contributed by atoms with Crippen molar-refractivity contribution >= 4 is 31.6 Å². The van der Waals surface area contributed by atoms with E-state index in [0.29, 0.717) is 23.1 Å². The second-order valence-corrected chi connectivity index (χ2v) is 10.7. The summed E-state index contributed by atoms with van der Waals surface area (Å²) in [6.07, 6.45) is 4.46. The third-order valence-electron chi connectivity index (χ3n) is 6.18. The highest BCUT2D eigenvalue weighted by atomic mass is 32.2.